The topological polar surface area (TPSA) is 47.9 Å². The van der Waals surface area contributed by atoms with E-state index in [1.54, 1.807) is 7.11 Å². The molecule has 18 heavy (non-hydrogen) atoms. The maximum atomic E-state index is 11.6. The molecule has 3 saturated carbocycles. The van der Waals surface area contributed by atoms with E-state index in [2.05, 4.69) is 19.0 Å². The van der Waals surface area contributed by atoms with Gasteiger partial charge >= 0.3 is 5.97 Å². The molecule has 4 nitrogen and oxygen atoms in total. The summed E-state index contributed by atoms with van der Waals surface area (Å²) in [6, 6.07) is 0. The zero-order valence-corrected chi connectivity index (χ0v) is 11.7. The van der Waals surface area contributed by atoms with Crippen LogP contribution in [0.15, 0.2) is 5.16 Å². The van der Waals surface area contributed by atoms with Gasteiger partial charge in [0.1, 0.15) is 7.11 Å². The summed E-state index contributed by atoms with van der Waals surface area (Å²) in [7, 11) is 1.58. The minimum Gasteiger partial charge on any atom is -0.466 e. The molecule has 4 heteroatoms. The lowest BCUT2D eigenvalue weighted by atomic mass is 9.46. The van der Waals surface area contributed by atoms with E-state index >= 15 is 0 Å². The Balaban J connectivity index is 2.08. The molecule has 0 aliphatic heterocycles. The van der Waals surface area contributed by atoms with E-state index in [0.717, 1.165) is 12.1 Å². The van der Waals surface area contributed by atoms with Crippen LogP contribution in [0.2, 0.25) is 0 Å². The highest BCUT2D eigenvalue weighted by molar-refractivity contribution is 5.94. The van der Waals surface area contributed by atoms with Crippen LogP contribution in [-0.2, 0) is 14.4 Å². The van der Waals surface area contributed by atoms with Gasteiger partial charge < -0.3 is 9.57 Å². The Morgan fingerprint density at radius 3 is 2.72 bits per heavy atom. The van der Waals surface area contributed by atoms with Crippen molar-refractivity contribution >= 4 is 11.7 Å². The molecule has 3 fully saturated rings. The summed E-state index contributed by atoms with van der Waals surface area (Å²) >= 11 is 0. The Morgan fingerprint density at radius 2 is 2.17 bits per heavy atom. The fourth-order valence-electron chi connectivity index (χ4n) is 3.52. The number of carbonyl (C=O) groups excluding carboxylic acids is 1. The van der Waals surface area contributed by atoms with Gasteiger partial charge in [-0.25, -0.2) is 0 Å². The molecular formula is C14H23NO3. The molecule has 0 aromatic heterocycles. The second-order valence-corrected chi connectivity index (χ2v) is 5.95. The van der Waals surface area contributed by atoms with Gasteiger partial charge in [-0.3, -0.25) is 4.79 Å². The summed E-state index contributed by atoms with van der Waals surface area (Å²) in [4.78, 5) is 16.6. The van der Waals surface area contributed by atoms with Crippen molar-refractivity contribution < 1.29 is 14.4 Å². The number of esters is 1. The molecule has 3 unspecified atom stereocenters. The van der Waals surface area contributed by atoms with Gasteiger partial charge in [0.2, 0.25) is 0 Å². The minimum absolute atomic E-state index is 0.120. The Bertz CT molecular complexity index is 362. The second kappa shape index (κ2) is 4.90. The maximum absolute atomic E-state index is 11.6. The van der Waals surface area contributed by atoms with Crippen LogP contribution in [0.1, 0.15) is 40.0 Å². The summed E-state index contributed by atoms with van der Waals surface area (Å²) in [6.45, 7) is 6.86. The molecule has 102 valence electrons. The van der Waals surface area contributed by atoms with Crippen LogP contribution in [0, 0.1) is 23.2 Å². The number of rotatable bonds is 4. The van der Waals surface area contributed by atoms with Gasteiger partial charge in [0, 0.05) is 11.8 Å². The first-order chi connectivity index (χ1) is 8.50. The summed E-state index contributed by atoms with van der Waals surface area (Å²) in [5.41, 5.74) is 1.38. The van der Waals surface area contributed by atoms with Gasteiger partial charge in [-0.1, -0.05) is 19.0 Å². The summed E-state index contributed by atoms with van der Waals surface area (Å²) < 4.78 is 5.04. The van der Waals surface area contributed by atoms with E-state index in [-0.39, 0.29) is 11.9 Å². The van der Waals surface area contributed by atoms with E-state index in [1.165, 1.54) is 6.42 Å². The van der Waals surface area contributed by atoms with E-state index in [1.807, 2.05) is 6.92 Å². The molecule has 0 radical (unpaired) electrons. The highest BCUT2D eigenvalue weighted by atomic mass is 16.6. The van der Waals surface area contributed by atoms with Crippen molar-refractivity contribution in [2.45, 2.75) is 40.0 Å². The highest BCUT2D eigenvalue weighted by Gasteiger charge is 2.56. The lowest BCUT2D eigenvalue weighted by Crippen LogP contribution is -2.56. The molecular weight excluding hydrogens is 230 g/mol. The fourth-order valence-corrected chi connectivity index (χ4v) is 3.52. The maximum Gasteiger partial charge on any atom is 0.306 e. The van der Waals surface area contributed by atoms with Crippen LogP contribution >= 0.6 is 0 Å². The van der Waals surface area contributed by atoms with Crippen LogP contribution in [0.4, 0.5) is 0 Å². The molecule has 3 aliphatic carbocycles. The van der Waals surface area contributed by atoms with Crippen LogP contribution in [0.5, 0.6) is 0 Å². The van der Waals surface area contributed by atoms with Crippen molar-refractivity contribution in [1.82, 2.24) is 0 Å². The van der Waals surface area contributed by atoms with E-state index < -0.39 is 0 Å². The van der Waals surface area contributed by atoms with Crippen LogP contribution in [-0.4, -0.2) is 25.4 Å². The number of ether oxygens (including phenoxy) is 1. The van der Waals surface area contributed by atoms with Crippen LogP contribution in [0.25, 0.3) is 0 Å². The Labute approximate surface area is 109 Å². The number of hydrogen-bond donors (Lipinski definition) is 0. The van der Waals surface area contributed by atoms with Gasteiger partial charge in [0.05, 0.1) is 18.7 Å². The first-order valence-corrected chi connectivity index (χ1v) is 6.77. The molecule has 3 atom stereocenters. The van der Waals surface area contributed by atoms with Gasteiger partial charge in [-0.15, -0.1) is 0 Å². The SMILES string of the molecule is CCOC(=O)CC1CC2CC(/C1=N/OC)C2(C)C. The molecule has 0 aromatic carbocycles. The first kappa shape index (κ1) is 13.4. The van der Waals surface area contributed by atoms with Gasteiger partial charge in [0.25, 0.3) is 0 Å². The number of hydrogen-bond acceptors (Lipinski definition) is 4. The van der Waals surface area contributed by atoms with E-state index in [9.17, 15) is 4.79 Å². The molecule has 0 spiro atoms. The summed E-state index contributed by atoms with van der Waals surface area (Å²) in [5.74, 6) is 1.26. The third kappa shape index (κ3) is 2.13. The quantitative estimate of drug-likeness (QED) is 0.571. The summed E-state index contributed by atoms with van der Waals surface area (Å²) in [6.07, 6.45) is 2.66. The Hall–Kier alpha value is -1.06. The van der Waals surface area contributed by atoms with Crippen molar-refractivity contribution in [2.75, 3.05) is 13.7 Å². The van der Waals surface area contributed by atoms with Gasteiger partial charge in [0.15, 0.2) is 0 Å². The molecule has 3 rings (SSSR count). The van der Waals surface area contributed by atoms with E-state index in [0.29, 0.717) is 30.3 Å². The summed E-state index contributed by atoms with van der Waals surface area (Å²) in [5, 5.41) is 4.20. The molecule has 0 heterocycles. The third-order valence-electron chi connectivity index (χ3n) is 4.73. The predicted octanol–water partition coefficient (Wildman–Crippen LogP) is 2.62. The molecule has 0 saturated heterocycles. The van der Waals surface area contributed by atoms with Crippen molar-refractivity contribution in [2.24, 2.45) is 28.3 Å². The zero-order valence-electron chi connectivity index (χ0n) is 11.7. The van der Waals surface area contributed by atoms with Crippen LogP contribution in [0.3, 0.4) is 0 Å². The average molecular weight is 253 g/mol. The normalized spacial score (nSPS) is 34.9. The highest BCUT2D eigenvalue weighted by Crippen LogP contribution is 2.59. The molecule has 0 N–H and O–H groups in total. The number of fused-ring (bicyclic) bond motifs is 2. The Kier molecular flexibility index (Phi) is 3.64. The largest absolute Gasteiger partial charge is 0.466 e. The van der Waals surface area contributed by atoms with Gasteiger partial charge in [-0.2, -0.15) is 0 Å². The first-order valence-electron chi connectivity index (χ1n) is 6.77. The number of oxime groups is 1. The van der Waals surface area contributed by atoms with Crippen molar-refractivity contribution in [1.29, 1.82) is 0 Å². The standard InChI is InChI=1S/C14H23NO3/c1-5-18-12(16)7-9-6-10-8-11(14(10,2)3)13(9)15-17-4/h9-11H,5-8H2,1-4H3/b15-13+. The molecule has 3 aliphatic rings. The average Bonchev–Trinajstić information content (AvgIpc) is 2.31. The molecule has 2 bridgehead atoms. The second-order valence-electron chi connectivity index (χ2n) is 5.95. The fraction of sp³-hybridized carbons (Fsp3) is 0.857. The van der Waals surface area contributed by atoms with Crippen molar-refractivity contribution in [3.8, 4) is 0 Å². The third-order valence-corrected chi connectivity index (χ3v) is 4.73. The lowest BCUT2D eigenvalue weighted by molar-refractivity contribution is -0.144. The molecule has 0 aromatic rings. The zero-order chi connectivity index (χ0) is 13.3. The predicted molar refractivity (Wildman–Crippen MR) is 69.2 cm³/mol. The Morgan fingerprint density at radius 1 is 1.44 bits per heavy atom. The number of nitrogens with zero attached hydrogens (tertiary/aromatic N) is 1. The minimum atomic E-state index is -0.120. The lowest BCUT2D eigenvalue weighted by Gasteiger charge is -2.58. The van der Waals surface area contributed by atoms with Crippen molar-refractivity contribution in [3.63, 3.8) is 0 Å². The van der Waals surface area contributed by atoms with Gasteiger partial charge in [-0.05, 0) is 31.1 Å². The number of carbonyl (C=O) groups is 1. The monoisotopic (exact) mass is 253 g/mol. The van der Waals surface area contributed by atoms with E-state index in [4.69, 9.17) is 9.57 Å². The van der Waals surface area contributed by atoms with Crippen molar-refractivity contribution in [3.05, 3.63) is 0 Å². The smallest absolute Gasteiger partial charge is 0.306 e. The molecule has 0 amide bonds. The van der Waals surface area contributed by atoms with Crippen LogP contribution < -0.4 is 0 Å².